The smallest absolute Gasteiger partial charge is 0.242 e. The minimum atomic E-state index is -0.551. The van der Waals surface area contributed by atoms with Crippen LogP contribution < -0.4 is 10.6 Å². The van der Waals surface area contributed by atoms with E-state index in [0.29, 0.717) is 6.42 Å². The summed E-state index contributed by atoms with van der Waals surface area (Å²) in [4.78, 5) is 22.9. The van der Waals surface area contributed by atoms with E-state index in [9.17, 15) is 9.59 Å². The number of nitrogens with one attached hydrogen (secondary N) is 2. The molecule has 0 fully saturated rings. The first-order chi connectivity index (χ1) is 7.26. The SMILES string of the molecule is CC(NC(=O)CCCO)C(=O)NC(C)(C)C. The monoisotopic (exact) mass is 230 g/mol. The Bertz CT molecular complexity index is 246. The Morgan fingerprint density at radius 2 is 1.88 bits per heavy atom. The van der Waals surface area contributed by atoms with E-state index in [2.05, 4.69) is 10.6 Å². The van der Waals surface area contributed by atoms with Gasteiger partial charge in [-0.25, -0.2) is 0 Å². The zero-order valence-corrected chi connectivity index (χ0v) is 10.5. The summed E-state index contributed by atoms with van der Waals surface area (Å²) in [6.45, 7) is 7.26. The zero-order valence-electron chi connectivity index (χ0n) is 10.5. The van der Waals surface area contributed by atoms with E-state index < -0.39 is 6.04 Å². The van der Waals surface area contributed by atoms with E-state index in [1.165, 1.54) is 0 Å². The number of amides is 2. The fourth-order valence-electron chi connectivity index (χ4n) is 1.10. The van der Waals surface area contributed by atoms with E-state index in [0.717, 1.165) is 0 Å². The molecule has 1 unspecified atom stereocenters. The molecule has 0 aliphatic rings. The fourth-order valence-corrected chi connectivity index (χ4v) is 1.10. The molecule has 0 heterocycles. The second-order valence-corrected chi connectivity index (χ2v) is 4.86. The van der Waals surface area contributed by atoms with Gasteiger partial charge < -0.3 is 15.7 Å². The lowest BCUT2D eigenvalue weighted by Gasteiger charge is -2.23. The van der Waals surface area contributed by atoms with Crippen molar-refractivity contribution in [2.75, 3.05) is 6.61 Å². The quantitative estimate of drug-likeness (QED) is 0.630. The summed E-state index contributed by atoms with van der Waals surface area (Å²) in [5.74, 6) is -0.421. The van der Waals surface area contributed by atoms with Gasteiger partial charge in [-0.3, -0.25) is 9.59 Å². The molecule has 0 saturated heterocycles. The summed E-state index contributed by atoms with van der Waals surface area (Å²) >= 11 is 0. The van der Waals surface area contributed by atoms with Gasteiger partial charge in [0.05, 0.1) is 0 Å². The zero-order chi connectivity index (χ0) is 12.8. The van der Waals surface area contributed by atoms with Crippen LogP contribution in [0.5, 0.6) is 0 Å². The maximum absolute atomic E-state index is 11.6. The van der Waals surface area contributed by atoms with Gasteiger partial charge in [-0.2, -0.15) is 0 Å². The molecule has 0 aromatic heterocycles. The Labute approximate surface area is 96.6 Å². The first-order valence-corrected chi connectivity index (χ1v) is 5.48. The van der Waals surface area contributed by atoms with Crippen molar-refractivity contribution >= 4 is 11.8 Å². The molecule has 0 aliphatic carbocycles. The van der Waals surface area contributed by atoms with E-state index in [1.54, 1.807) is 6.92 Å². The van der Waals surface area contributed by atoms with Gasteiger partial charge >= 0.3 is 0 Å². The number of carbonyl (C=O) groups excluding carboxylic acids is 2. The average molecular weight is 230 g/mol. The molecule has 5 heteroatoms. The van der Waals surface area contributed by atoms with E-state index in [4.69, 9.17) is 5.11 Å². The Hall–Kier alpha value is -1.10. The molecular formula is C11H22N2O3. The van der Waals surface area contributed by atoms with Crippen molar-refractivity contribution in [3.05, 3.63) is 0 Å². The summed E-state index contributed by atoms with van der Waals surface area (Å²) in [7, 11) is 0. The highest BCUT2D eigenvalue weighted by Crippen LogP contribution is 1.99. The highest BCUT2D eigenvalue weighted by Gasteiger charge is 2.20. The molecule has 5 nitrogen and oxygen atoms in total. The molecule has 0 aromatic carbocycles. The third-order valence-corrected chi connectivity index (χ3v) is 1.83. The van der Waals surface area contributed by atoms with Crippen LogP contribution in [0.3, 0.4) is 0 Å². The Morgan fingerprint density at radius 1 is 1.31 bits per heavy atom. The van der Waals surface area contributed by atoms with Crippen molar-refractivity contribution in [1.29, 1.82) is 0 Å². The van der Waals surface area contributed by atoms with Crippen LogP contribution in [0.25, 0.3) is 0 Å². The molecule has 0 radical (unpaired) electrons. The van der Waals surface area contributed by atoms with Crippen LogP contribution >= 0.6 is 0 Å². The molecule has 0 spiro atoms. The number of hydrogen-bond donors (Lipinski definition) is 3. The molecule has 0 bridgehead atoms. The second-order valence-electron chi connectivity index (χ2n) is 4.86. The van der Waals surface area contributed by atoms with Gasteiger partial charge in [-0.15, -0.1) is 0 Å². The van der Waals surface area contributed by atoms with Crippen LogP contribution in [0.2, 0.25) is 0 Å². The normalized spacial score (nSPS) is 13.1. The van der Waals surface area contributed by atoms with Gasteiger partial charge in [0, 0.05) is 18.6 Å². The van der Waals surface area contributed by atoms with Crippen molar-refractivity contribution in [1.82, 2.24) is 10.6 Å². The summed E-state index contributed by atoms with van der Waals surface area (Å²) in [5.41, 5.74) is -0.304. The van der Waals surface area contributed by atoms with E-state index in [1.807, 2.05) is 20.8 Å². The lowest BCUT2D eigenvalue weighted by Crippen LogP contribution is -2.50. The van der Waals surface area contributed by atoms with Crippen molar-refractivity contribution in [2.45, 2.75) is 52.1 Å². The standard InChI is InChI=1S/C11H22N2O3/c1-8(10(16)13-11(2,3)4)12-9(15)6-5-7-14/h8,14H,5-7H2,1-4H3,(H,12,15)(H,13,16). The number of rotatable bonds is 5. The van der Waals surface area contributed by atoms with Gasteiger partial charge in [0.2, 0.25) is 11.8 Å². The van der Waals surface area contributed by atoms with Crippen LogP contribution in [0.4, 0.5) is 0 Å². The largest absolute Gasteiger partial charge is 0.396 e. The van der Waals surface area contributed by atoms with Gasteiger partial charge in [0.25, 0.3) is 0 Å². The molecule has 0 saturated carbocycles. The lowest BCUT2D eigenvalue weighted by molar-refractivity contribution is -0.129. The van der Waals surface area contributed by atoms with Crippen LogP contribution in [-0.4, -0.2) is 35.1 Å². The number of hydrogen-bond acceptors (Lipinski definition) is 3. The number of aliphatic hydroxyl groups excluding tert-OH is 1. The van der Waals surface area contributed by atoms with Crippen LogP contribution in [-0.2, 0) is 9.59 Å². The number of aliphatic hydroxyl groups is 1. The van der Waals surface area contributed by atoms with Gasteiger partial charge in [-0.05, 0) is 34.1 Å². The van der Waals surface area contributed by atoms with E-state index >= 15 is 0 Å². The van der Waals surface area contributed by atoms with Crippen molar-refractivity contribution in [2.24, 2.45) is 0 Å². The molecular weight excluding hydrogens is 208 g/mol. The topological polar surface area (TPSA) is 78.4 Å². The van der Waals surface area contributed by atoms with Crippen molar-refractivity contribution in [3.63, 3.8) is 0 Å². The minimum Gasteiger partial charge on any atom is -0.396 e. The molecule has 2 amide bonds. The maximum Gasteiger partial charge on any atom is 0.242 e. The highest BCUT2D eigenvalue weighted by molar-refractivity contribution is 5.87. The molecule has 94 valence electrons. The van der Waals surface area contributed by atoms with Gasteiger partial charge in [0.15, 0.2) is 0 Å². The first kappa shape index (κ1) is 14.9. The molecule has 1 atom stereocenters. The lowest BCUT2D eigenvalue weighted by atomic mass is 10.1. The predicted octanol–water partition coefficient (Wildman–Crippen LogP) is 0.178. The molecule has 0 aliphatic heterocycles. The van der Waals surface area contributed by atoms with E-state index in [-0.39, 0.29) is 30.4 Å². The predicted molar refractivity (Wildman–Crippen MR) is 61.8 cm³/mol. The molecule has 3 N–H and O–H groups in total. The van der Waals surface area contributed by atoms with Gasteiger partial charge in [0.1, 0.15) is 6.04 Å². The summed E-state index contributed by atoms with van der Waals surface area (Å²) in [5, 5.41) is 13.9. The highest BCUT2D eigenvalue weighted by atomic mass is 16.3. The van der Waals surface area contributed by atoms with Crippen LogP contribution in [0.1, 0.15) is 40.5 Å². The minimum absolute atomic E-state index is 0.0179. The molecule has 16 heavy (non-hydrogen) atoms. The summed E-state index contributed by atoms with van der Waals surface area (Å²) < 4.78 is 0. The third-order valence-electron chi connectivity index (χ3n) is 1.83. The number of carbonyl (C=O) groups is 2. The third kappa shape index (κ3) is 7.23. The summed E-state index contributed by atoms with van der Waals surface area (Å²) in [6, 6.07) is -0.551. The second kappa shape index (κ2) is 6.48. The van der Waals surface area contributed by atoms with Crippen molar-refractivity contribution < 1.29 is 14.7 Å². The average Bonchev–Trinajstić information content (AvgIpc) is 2.11. The Balaban J connectivity index is 4.01. The maximum atomic E-state index is 11.6. The molecule has 0 rings (SSSR count). The Morgan fingerprint density at radius 3 is 2.31 bits per heavy atom. The Kier molecular flexibility index (Phi) is 6.03. The first-order valence-electron chi connectivity index (χ1n) is 5.48. The van der Waals surface area contributed by atoms with Crippen molar-refractivity contribution in [3.8, 4) is 0 Å². The molecule has 0 aromatic rings. The fraction of sp³-hybridized carbons (Fsp3) is 0.818. The van der Waals surface area contributed by atoms with Crippen LogP contribution in [0, 0.1) is 0 Å². The van der Waals surface area contributed by atoms with Crippen LogP contribution in [0.15, 0.2) is 0 Å². The van der Waals surface area contributed by atoms with Gasteiger partial charge in [-0.1, -0.05) is 0 Å². The summed E-state index contributed by atoms with van der Waals surface area (Å²) in [6.07, 6.45) is 0.656.